The molecule has 0 fully saturated rings. The van der Waals surface area contributed by atoms with Crippen LogP contribution >= 0.6 is 23.1 Å². The highest BCUT2D eigenvalue weighted by atomic mass is 32.2. The molecule has 0 unspecified atom stereocenters. The Morgan fingerprint density at radius 2 is 2.24 bits per heavy atom. The minimum absolute atomic E-state index is 1.03. The first-order valence-electron chi connectivity index (χ1n) is 5.89. The summed E-state index contributed by atoms with van der Waals surface area (Å²) in [4.78, 5) is 4.57. The van der Waals surface area contributed by atoms with Gasteiger partial charge in [0.15, 0.2) is 5.13 Å². The van der Waals surface area contributed by atoms with Crippen LogP contribution < -0.4 is 5.32 Å². The average molecular weight is 266 g/mol. The first-order chi connectivity index (χ1) is 8.29. The van der Waals surface area contributed by atoms with Crippen LogP contribution in [0.3, 0.4) is 0 Å². The number of hydrogen-bond acceptors (Lipinski definition) is 4. The first-order valence-corrected chi connectivity index (χ1v) is 8.10. The summed E-state index contributed by atoms with van der Waals surface area (Å²) in [5, 5.41) is 4.46. The molecule has 17 heavy (non-hydrogen) atoms. The van der Waals surface area contributed by atoms with E-state index in [9.17, 15) is 0 Å². The fraction of sp³-hybridized carbons (Fsp3) is 0.462. The second-order valence-electron chi connectivity index (χ2n) is 4.12. The highest BCUT2D eigenvalue weighted by Crippen LogP contribution is 2.26. The van der Waals surface area contributed by atoms with Crippen LogP contribution in [0.15, 0.2) is 18.2 Å². The minimum Gasteiger partial charge on any atom is -0.361 e. The molecule has 2 aromatic rings. The molecule has 0 aliphatic carbocycles. The maximum Gasteiger partial charge on any atom is 0.183 e. The molecule has 1 aromatic heterocycles. The fourth-order valence-corrected chi connectivity index (χ4v) is 3.16. The Balaban J connectivity index is 1.91. The van der Waals surface area contributed by atoms with Crippen LogP contribution in [0, 0.1) is 6.92 Å². The lowest BCUT2D eigenvalue weighted by molar-refractivity contribution is 0.843. The third kappa shape index (κ3) is 3.61. The predicted molar refractivity (Wildman–Crippen MR) is 80.5 cm³/mol. The van der Waals surface area contributed by atoms with Gasteiger partial charge in [-0.15, -0.1) is 0 Å². The van der Waals surface area contributed by atoms with E-state index in [2.05, 4.69) is 41.7 Å². The van der Waals surface area contributed by atoms with Crippen molar-refractivity contribution in [3.63, 3.8) is 0 Å². The van der Waals surface area contributed by atoms with E-state index in [1.54, 1.807) is 11.3 Å². The molecule has 1 aromatic carbocycles. The van der Waals surface area contributed by atoms with Crippen LogP contribution in [0.5, 0.6) is 0 Å². The van der Waals surface area contributed by atoms with Gasteiger partial charge < -0.3 is 5.32 Å². The lowest BCUT2D eigenvalue weighted by Gasteiger charge is -2.00. The SMILES string of the molecule is CSCCCCNc1nc2ccc(C)cc2s1. The van der Waals surface area contributed by atoms with Crippen molar-refractivity contribution in [3.8, 4) is 0 Å². The molecule has 0 aliphatic rings. The van der Waals surface area contributed by atoms with Gasteiger partial charge in [0.1, 0.15) is 0 Å². The number of hydrogen-bond donors (Lipinski definition) is 1. The van der Waals surface area contributed by atoms with Gasteiger partial charge in [-0.2, -0.15) is 11.8 Å². The van der Waals surface area contributed by atoms with Crippen molar-refractivity contribution >= 4 is 38.4 Å². The molecule has 4 heteroatoms. The molecule has 2 nitrogen and oxygen atoms in total. The number of nitrogens with zero attached hydrogens (tertiary/aromatic N) is 1. The van der Waals surface area contributed by atoms with Crippen LogP contribution in [0.25, 0.3) is 10.2 Å². The molecule has 0 aliphatic heterocycles. The van der Waals surface area contributed by atoms with E-state index in [0.717, 1.165) is 17.2 Å². The molecular weight excluding hydrogens is 248 g/mol. The smallest absolute Gasteiger partial charge is 0.183 e. The summed E-state index contributed by atoms with van der Waals surface area (Å²) in [7, 11) is 0. The van der Waals surface area contributed by atoms with E-state index in [4.69, 9.17) is 0 Å². The van der Waals surface area contributed by atoms with Gasteiger partial charge in [-0.05, 0) is 49.5 Å². The van der Waals surface area contributed by atoms with E-state index in [-0.39, 0.29) is 0 Å². The summed E-state index contributed by atoms with van der Waals surface area (Å²) in [5.74, 6) is 1.25. The van der Waals surface area contributed by atoms with Crippen molar-refractivity contribution in [1.82, 2.24) is 4.98 Å². The Kier molecular flexibility index (Phi) is 4.68. The van der Waals surface area contributed by atoms with Gasteiger partial charge in [0.05, 0.1) is 10.2 Å². The Bertz CT molecular complexity index is 479. The highest BCUT2D eigenvalue weighted by molar-refractivity contribution is 7.98. The zero-order chi connectivity index (χ0) is 12.1. The van der Waals surface area contributed by atoms with Gasteiger partial charge in [0.25, 0.3) is 0 Å². The summed E-state index contributed by atoms with van der Waals surface area (Å²) >= 11 is 3.66. The lowest BCUT2D eigenvalue weighted by atomic mass is 10.2. The standard InChI is InChI=1S/C13H18N2S2/c1-10-5-6-11-12(9-10)17-13(15-11)14-7-3-4-8-16-2/h5-6,9H,3-4,7-8H2,1-2H3,(H,14,15). The second-order valence-corrected chi connectivity index (χ2v) is 6.13. The number of anilines is 1. The van der Waals surface area contributed by atoms with Crippen molar-refractivity contribution in [2.45, 2.75) is 19.8 Å². The topological polar surface area (TPSA) is 24.9 Å². The summed E-state index contributed by atoms with van der Waals surface area (Å²) in [6, 6.07) is 6.41. The van der Waals surface area contributed by atoms with Gasteiger partial charge in [-0.3, -0.25) is 0 Å². The molecule has 0 saturated carbocycles. The number of rotatable bonds is 6. The van der Waals surface area contributed by atoms with E-state index < -0.39 is 0 Å². The maximum atomic E-state index is 4.57. The number of thioether (sulfide) groups is 1. The molecular formula is C13H18N2S2. The Morgan fingerprint density at radius 1 is 1.35 bits per heavy atom. The Morgan fingerprint density at radius 3 is 3.06 bits per heavy atom. The largest absolute Gasteiger partial charge is 0.361 e. The fourth-order valence-electron chi connectivity index (χ4n) is 1.67. The number of nitrogens with one attached hydrogen (secondary N) is 1. The van der Waals surface area contributed by atoms with Gasteiger partial charge in [-0.25, -0.2) is 4.98 Å². The van der Waals surface area contributed by atoms with Gasteiger partial charge in [0, 0.05) is 6.54 Å². The highest BCUT2D eigenvalue weighted by Gasteiger charge is 2.02. The molecule has 92 valence electrons. The number of fused-ring (bicyclic) bond motifs is 1. The second kappa shape index (κ2) is 6.26. The van der Waals surface area contributed by atoms with E-state index in [1.165, 1.54) is 28.9 Å². The van der Waals surface area contributed by atoms with Crippen LogP contribution in [-0.4, -0.2) is 23.5 Å². The summed E-state index contributed by atoms with van der Waals surface area (Å²) in [5.41, 5.74) is 2.40. The predicted octanol–water partition coefficient (Wildman–Crippen LogP) is 4.16. The van der Waals surface area contributed by atoms with Crippen LogP contribution in [-0.2, 0) is 0 Å². The van der Waals surface area contributed by atoms with Crippen LogP contribution in [0.2, 0.25) is 0 Å². The van der Waals surface area contributed by atoms with Crippen molar-refractivity contribution in [2.75, 3.05) is 23.9 Å². The maximum absolute atomic E-state index is 4.57. The molecule has 0 amide bonds. The third-order valence-electron chi connectivity index (χ3n) is 2.60. The van der Waals surface area contributed by atoms with Gasteiger partial charge in [0.2, 0.25) is 0 Å². The van der Waals surface area contributed by atoms with Crippen LogP contribution in [0.4, 0.5) is 5.13 Å². The molecule has 0 saturated heterocycles. The van der Waals surface area contributed by atoms with E-state index in [0.29, 0.717) is 0 Å². The molecule has 2 rings (SSSR count). The van der Waals surface area contributed by atoms with Crippen molar-refractivity contribution in [3.05, 3.63) is 23.8 Å². The Hall–Kier alpha value is -0.740. The Labute approximate surface area is 111 Å². The number of aryl methyl sites for hydroxylation is 1. The van der Waals surface area contributed by atoms with Crippen molar-refractivity contribution in [2.24, 2.45) is 0 Å². The normalized spacial score (nSPS) is 10.9. The zero-order valence-electron chi connectivity index (χ0n) is 10.3. The first kappa shape index (κ1) is 12.7. The summed E-state index contributed by atoms with van der Waals surface area (Å²) < 4.78 is 1.27. The molecule has 0 bridgehead atoms. The molecule has 1 N–H and O–H groups in total. The van der Waals surface area contributed by atoms with Crippen molar-refractivity contribution < 1.29 is 0 Å². The summed E-state index contributed by atoms with van der Waals surface area (Å²) in [6.45, 7) is 3.15. The van der Waals surface area contributed by atoms with Crippen LogP contribution in [0.1, 0.15) is 18.4 Å². The van der Waals surface area contributed by atoms with Gasteiger partial charge in [-0.1, -0.05) is 17.4 Å². The van der Waals surface area contributed by atoms with E-state index in [1.807, 2.05) is 11.8 Å². The van der Waals surface area contributed by atoms with Gasteiger partial charge >= 0.3 is 0 Å². The molecule has 1 heterocycles. The van der Waals surface area contributed by atoms with Crippen molar-refractivity contribution in [1.29, 1.82) is 0 Å². The molecule has 0 radical (unpaired) electrons. The number of unbranched alkanes of at least 4 members (excludes halogenated alkanes) is 1. The summed E-state index contributed by atoms with van der Waals surface area (Å²) in [6.07, 6.45) is 4.65. The quantitative estimate of drug-likeness (QED) is 0.795. The number of aromatic nitrogens is 1. The number of thiazole rings is 1. The van der Waals surface area contributed by atoms with E-state index >= 15 is 0 Å². The monoisotopic (exact) mass is 266 g/mol. The third-order valence-corrected chi connectivity index (χ3v) is 4.27. The molecule has 0 spiro atoms. The number of benzene rings is 1. The average Bonchev–Trinajstić information content (AvgIpc) is 2.70. The minimum atomic E-state index is 1.03. The zero-order valence-corrected chi connectivity index (χ0v) is 12.0. The lowest BCUT2D eigenvalue weighted by Crippen LogP contribution is -2.01. The molecule has 0 atom stereocenters.